The van der Waals surface area contributed by atoms with Gasteiger partial charge in [0, 0.05) is 85.9 Å². The minimum atomic E-state index is -0.541. The SMILES string of the molecule is c1ccc(-c2nc(-c3ccccc3)nc(-c3ccc4c(c3)oc3cc(-c5ccc(C6(c7ccc8oc9ccccc9c8c7)c7ccccc7-c7ccccc76)cc5)ccc34)n2)cc1.c1ccc(-c2nc(-c3ccccc3)nc(-c3ccc4c(c3)sc3cc(-c5ccc(C6(c7ccc8oc9ccccc9c8c7)c7ccccc7-c7ccccc76)cc5)ccc34)n2)cc1. The minimum Gasteiger partial charge on any atom is -0.456 e. The molecule has 0 amide bonds. The maximum absolute atomic E-state index is 6.64. The largest absolute Gasteiger partial charge is 0.456 e. The summed E-state index contributed by atoms with van der Waals surface area (Å²) < 4.78 is 21.7. The Morgan fingerprint density at radius 2 is 0.429 bits per heavy atom. The van der Waals surface area contributed by atoms with Crippen LogP contribution in [0.3, 0.4) is 0 Å². The van der Waals surface area contributed by atoms with Crippen LogP contribution < -0.4 is 0 Å². The van der Waals surface area contributed by atoms with Crippen molar-refractivity contribution < 1.29 is 13.3 Å². The van der Waals surface area contributed by atoms with Gasteiger partial charge < -0.3 is 13.3 Å². The number of hydrogen-bond acceptors (Lipinski definition) is 10. The number of fused-ring (bicyclic) bond motifs is 18. The molecule has 0 spiro atoms. The fourth-order valence-corrected chi connectivity index (χ4v) is 21.0. The lowest BCUT2D eigenvalue weighted by Crippen LogP contribution is -2.28. The predicted octanol–water partition coefficient (Wildman–Crippen LogP) is 29.9. The molecule has 24 aromatic rings. The van der Waals surface area contributed by atoms with E-state index in [2.05, 4.69) is 279 Å². The van der Waals surface area contributed by atoms with Crippen molar-refractivity contribution in [3.63, 3.8) is 0 Å². The highest BCUT2D eigenvalue weighted by atomic mass is 32.1. The zero-order valence-electron chi connectivity index (χ0n) is 67.7. The van der Waals surface area contributed by atoms with Crippen molar-refractivity contribution in [1.82, 2.24) is 29.9 Å². The van der Waals surface area contributed by atoms with E-state index in [1.165, 1.54) is 98.1 Å². The summed E-state index contributed by atoms with van der Waals surface area (Å²) in [7, 11) is 0. The third-order valence-electron chi connectivity index (χ3n) is 25.7. The number of para-hydroxylation sites is 2. The van der Waals surface area contributed by atoms with Crippen LogP contribution in [0.25, 0.3) is 199 Å². The van der Waals surface area contributed by atoms with Gasteiger partial charge in [0.2, 0.25) is 0 Å². The molecule has 6 aromatic heterocycles. The molecule has 2 aliphatic rings. The van der Waals surface area contributed by atoms with Gasteiger partial charge in [-0.15, -0.1) is 11.3 Å². The van der Waals surface area contributed by atoms with E-state index in [0.29, 0.717) is 34.9 Å². The van der Waals surface area contributed by atoms with Gasteiger partial charge in [0.15, 0.2) is 34.9 Å². The summed E-state index contributed by atoms with van der Waals surface area (Å²) in [5.74, 6) is 3.82. The molecule has 2 aliphatic carbocycles. The average molecular weight is 1630 g/mol. The molecule has 0 aliphatic heterocycles. The van der Waals surface area contributed by atoms with Crippen LogP contribution in [-0.2, 0) is 10.8 Å². The molecular formula is C116H70N6O3S. The molecule has 6 heterocycles. The summed E-state index contributed by atoms with van der Waals surface area (Å²) >= 11 is 1.81. The van der Waals surface area contributed by atoms with Gasteiger partial charge in [-0.25, -0.2) is 29.9 Å². The highest BCUT2D eigenvalue weighted by Gasteiger charge is 2.48. The Morgan fingerprint density at radius 1 is 0.167 bits per heavy atom. The van der Waals surface area contributed by atoms with Crippen LogP contribution >= 0.6 is 11.3 Å². The number of thiophene rings is 1. The zero-order chi connectivity index (χ0) is 83.0. The summed E-state index contributed by atoms with van der Waals surface area (Å²) in [6, 6.07) is 151. The van der Waals surface area contributed by atoms with Crippen molar-refractivity contribution in [2.45, 2.75) is 10.8 Å². The van der Waals surface area contributed by atoms with Crippen LogP contribution in [0.4, 0.5) is 0 Å². The fourth-order valence-electron chi connectivity index (χ4n) is 19.9. The van der Waals surface area contributed by atoms with E-state index in [1.807, 2.05) is 157 Å². The molecule has 126 heavy (non-hydrogen) atoms. The molecule has 18 aromatic carbocycles. The van der Waals surface area contributed by atoms with Gasteiger partial charge in [0.1, 0.15) is 33.5 Å². The molecular weight excluding hydrogens is 1560 g/mol. The van der Waals surface area contributed by atoms with Crippen molar-refractivity contribution in [3.8, 4) is 113 Å². The molecule has 0 bridgehead atoms. The monoisotopic (exact) mass is 1630 g/mol. The number of nitrogens with zero attached hydrogens (tertiary/aromatic N) is 6. The molecule has 9 nitrogen and oxygen atoms in total. The van der Waals surface area contributed by atoms with Gasteiger partial charge >= 0.3 is 0 Å². The first kappa shape index (κ1) is 72.4. The number of benzene rings is 18. The number of aromatic nitrogens is 6. The van der Waals surface area contributed by atoms with Gasteiger partial charge in [-0.2, -0.15) is 0 Å². The number of hydrogen-bond donors (Lipinski definition) is 0. The number of rotatable bonds is 12. The predicted molar refractivity (Wildman–Crippen MR) is 512 cm³/mol. The lowest BCUT2D eigenvalue weighted by atomic mass is 9.67. The average Bonchev–Trinajstić information content (AvgIpc) is 1.53. The van der Waals surface area contributed by atoms with Gasteiger partial charge in [-0.3, -0.25) is 0 Å². The smallest absolute Gasteiger partial charge is 0.164 e. The van der Waals surface area contributed by atoms with Crippen LogP contribution in [0.5, 0.6) is 0 Å². The quantitative estimate of drug-likeness (QED) is 0.118. The molecule has 0 atom stereocenters. The molecule has 0 radical (unpaired) electrons. The molecule has 0 fully saturated rings. The fraction of sp³-hybridized carbons (Fsp3) is 0.0172. The maximum atomic E-state index is 6.64. The first-order chi connectivity index (χ1) is 62.4. The Hall–Kier alpha value is -16.4. The van der Waals surface area contributed by atoms with E-state index in [4.69, 9.17) is 43.2 Å². The first-order valence-electron chi connectivity index (χ1n) is 42.5. The lowest BCUT2D eigenvalue weighted by Gasteiger charge is -2.34. The van der Waals surface area contributed by atoms with Crippen molar-refractivity contribution in [1.29, 1.82) is 0 Å². The Kier molecular flexibility index (Phi) is 16.8. The second-order valence-electron chi connectivity index (χ2n) is 32.6. The maximum Gasteiger partial charge on any atom is 0.164 e. The molecule has 588 valence electrons. The van der Waals surface area contributed by atoms with E-state index in [0.717, 1.165) is 110 Å². The van der Waals surface area contributed by atoms with Gasteiger partial charge in [0.05, 0.1) is 10.8 Å². The zero-order valence-corrected chi connectivity index (χ0v) is 68.5. The van der Waals surface area contributed by atoms with Crippen LogP contribution in [0.2, 0.25) is 0 Å². The third-order valence-corrected chi connectivity index (χ3v) is 26.8. The van der Waals surface area contributed by atoms with Crippen LogP contribution in [0.1, 0.15) is 44.5 Å². The highest BCUT2D eigenvalue weighted by Crippen LogP contribution is 2.59. The topological polar surface area (TPSA) is 117 Å². The summed E-state index contributed by atoms with van der Waals surface area (Å²) in [5, 5.41) is 9.07. The van der Waals surface area contributed by atoms with E-state index in [1.54, 1.807) is 0 Å². The Balaban J connectivity index is 0.000000137. The van der Waals surface area contributed by atoms with E-state index in [-0.39, 0.29) is 0 Å². The molecule has 0 unspecified atom stereocenters. The van der Waals surface area contributed by atoms with Crippen molar-refractivity contribution in [3.05, 3.63) is 469 Å². The van der Waals surface area contributed by atoms with Crippen LogP contribution in [-0.4, -0.2) is 29.9 Å². The van der Waals surface area contributed by atoms with Crippen LogP contribution in [0.15, 0.2) is 438 Å². The second-order valence-corrected chi connectivity index (χ2v) is 33.7. The molecule has 0 N–H and O–H groups in total. The number of furan rings is 3. The van der Waals surface area contributed by atoms with Gasteiger partial charge in [0.25, 0.3) is 0 Å². The molecule has 26 rings (SSSR count). The standard InChI is InChI=1S/C58H35N3O2.C58H35N3OS/c2*1-3-13-37(14-4-1)55-59-56(38-15-5-2-6-16-38)61-57(60-55)40-26-31-47-46-30-25-39(33-53(46)63-54(47)34-40)36-23-27-41(28-24-36)58(49-20-10-7-17-43(49)44-18-8-11-21-50(44)58)42-29-32-52-48(35-42)45-19-9-12-22-51(45)62-52/h2*1-35H. The summed E-state index contributed by atoms with van der Waals surface area (Å²) in [5.41, 5.74) is 29.4. The second kappa shape index (κ2) is 29.2. The van der Waals surface area contributed by atoms with Gasteiger partial charge in [-0.1, -0.05) is 352 Å². The van der Waals surface area contributed by atoms with Crippen molar-refractivity contribution in [2.24, 2.45) is 0 Å². The molecule has 0 saturated heterocycles. The van der Waals surface area contributed by atoms with Gasteiger partial charge in [-0.05, 0) is 162 Å². The minimum absolute atomic E-state index is 0.520. The normalized spacial score (nSPS) is 12.9. The third kappa shape index (κ3) is 11.7. The Labute approximate surface area is 728 Å². The summed E-state index contributed by atoms with van der Waals surface area (Å²) in [6.07, 6.45) is 0. The van der Waals surface area contributed by atoms with E-state index < -0.39 is 10.8 Å². The Morgan fingerprint density at radius 3 is 0.817 bits per heavy atom. The lowest BCUT2D eigenvalue weighted by molar-refractivity contribution is 0.667. The van der Waals surface area contributed by atoms with Crippen LogP contribution in [0, 0.1) is 0 Å². The molecule has 0 saturated carbocycles. The summed E-state index contributed by atoms with van der Waals surface area (Å²) in [4.78, 5) is 29.7. The highest BCUT2D eigenvalue weighted by molar-refractivity contribution is 7.25. The first-order valence-corrected chi connectivity index (χ1v) is 43.3. The van der Waals surface area contributed by atoms with Crippen molar-refractivity contribution in [2.75, 3.05) is 0 Å². The van der Waals surface area contributed by atoms with E-state index >= 15 is 0 Å². The Bertz CT molecular complexity index is 7770. The van der Waals surface area contributed by atoms with Crippen molar-refractivity contribution >= 4 is 97.3 Å². The molecule has 10 heteroatoms. The summed E-state index contributed by atoms with van der Waals surface area (Å²) in [6.45, 7) is 0. The van der Waals surface area contributed by atoms with E-state index in [9.17, 15) is 0 Å².